The van der Waals surface area contributed by atoms with Crippen molar-refractivity contribution in [1.82, 2.24) is 0 Å². The smallest absolute Gasteiger partial charge is 0.312 e. The van der Waals surface area contributed by atoms with Crippen LogP contribution >= 0.6 is 23.4 Å². The third kappa shape index (κ3) is 5.38. The number of nitrogens with one attached hydrogen (secondary N) is 1. The quantitative estimate of drug-likeness (QED) is 0.446. The molecule has 0 heterocycles. The average molecular weight is 378 g/mol. The van der Waals surface area contributed by atoms with Crippen LogP contribution in [0.4, 0.5) is 11.4 Å². The maximum atomic E-state index is 12.1. The Morgan fingerprint density at radius 1 is 1.36 bits per heavy atom. The molecule has 0 unspecified atom stereocenters. The first-order chi connectivity index (χ1) is 12.0. The molecule has 0 saturated carbocycles. The van der Waals surface area contributed by atoms with E-state index in [1.807, 2.05) is 6.07 Å². The van der Waals surface area contributed by atoms with Gasteiger partial charge in [-0.2, -0.15) is 5.26 Å². The van der Waals surface area contributed by atoms with Gasteiger partial charge in [-0.1, -0.05) is 23.7 Å². The van der Waals surface area contributed by atoms with E-state index in [4.69, 9.17) is 21.6 Å². The molecule has 0 aromatic heterocycles. The third-order valence-corrected chi connectivity index (χ3v) is 4.11. The molecule has 0 spiro atoms. The maximum Gasteiger partial charge on any atom is 0.312 e. The molecule has 128 valence electrons. The summed E-state index contributed by atoms with van der Waals surface area (Å²) >= 11 is 7.02. The molecule has 2 rings (SSSR count). The van der Waals surface area contributed by atoms with E-state index < -0.39 is 17.4 Å². The van der Waals surface area contributed by atoms with Crippen molar-refractivity contribution in [2.45, 2.75) is 4.90 Å². The van der Waals surface area contributed by atoms with E-state index in [0.29, 0.717) is 5.69 Å². The molecular weight excluding hydrogens is 366 g/mol. The standard InChI is InChI=1S/C16H12ClN3O4S/c17-11-5-6-14(13(9-11)20(22)23)24-10-16(21)19-12-3-1-2-4-15(12)25-8-7-18/h1-6,9H,8,10H2,(H,19,21). The van der Waals surface area contributed by atoms with Crippen molar-refractivity contribution in [3.05, 3.63) is 57.6 Å². The van der Waals surface area contributed by atoms with Crippen molar-refractivity contribution in [3.8, 4) is 11.8 Å². The van der Waals surface area contributed by atoms with E-state index in [-0.39, 0.29) is 22.2 Å². The zero-order valence-corrected chi connectivity index (χ0v) is 14.3. The van der Waals surface area contributed by atoms with Gasteiger partial charge < -0.3 is 10.1 Å². The average Bonchev–Trinajstić information content (AvgIpc) is 2.59. The highest BCUT2D eigenvalue weighted by atomic mass is 35.5. The van der Waals surface area contributed by atoms with Crippen LogP contribution in [-0.2, 0) is 4.79 Å². The Labute approximate surface area is 152 Å². The van der Waals surface area contributed by atoms with Crippen molar-refractivity contribution in [1.29, 1.82) is 5.26 Å². The number of carbonyl (C=O) groups excluding carboxylic acids is 1. The molecule has 2 aromatic carbocycles. The SMILES string of the molecule is N#CCSc1ccccc1NC(=O)COc1ccc(Cl)cc1[N+](=O)[O-]. The molecule has 25 heavy (non-hydrogen) atoms. The van der Waals surface area contributed by atoms with Crippen molar-refractivity contribution >= 4 is 40.6 Å². The van der Waals surface area contributed by atoms with E-state index in [9.17, 15) is 14.9 Å². The molecule has 1 amide bonds. The lowest BCUT2D eigenvalue weighted by molar-refractivity contribution is -0.385. The van der Waals surface area contributed by atoms with Gasteiger partial charge in [0.1, 0.15) is 0 Å². The number of nitro benzene ring substituents is 1. The number of thioether (sulfide) groups is 1. The largest absolute Gasteiger partial charge is 0.477 e. The fraction of sp³-hybridized carbons (Fsp3) is 0.125. The zero-order valence-electron chi connectivity index (χ0n) is 12.8. The summed E-state index contributed by atoms with van der Waals surface area (Å²) in [4.78, 5) is 23.2. The number of nitriles is 1. The Balaban J connectivity index is 2.03. The van der Waals surface area contributed by atoms with Gasteiger partial charge in [0.05, 0.1) is 22.4 Å². The number of ether oxygens (including phenoxy) is 1. The first kappa shape index (κ1) is 18.6. The summed E-state index contributed by atoms with van der Waals surface area (Å²) < 4.78 is 5.24. The lowest BCUT2D eigenvalue weighted by atomic mass is 10.3. The molecule has 0 atom stereocenters. The molecule has 0 saturated heterocycles. The van der Waals surface area contributed by atoms with Gasteiger partial charge in [-0.25, -0.2) is 0 Å². The van der Waals surface area contributed by atoms with Gasteiger partial charge in [0, 0.05) is 16.0 Å². The number of rotatable bonds is 7. The lowest BCUT2D eigenvalue weighted by Crippen LogP contribution is -2.20. The van der Waals surface area contributed by atoms with Gasteiger partial charge in [0.15, 0.2) is 12.4 Å². The lowest BCUT2D eigenvalue weighted by Gasteiger charge is -2.10. The summed E-state index contributed by atoms with van der Waals surface area (Å²) in [7, 11) is 0. The number of carbonyl (C=O) groups is 1. The van der Waals surface area contributed by atoms with Gasteiger partial charge >= 0.3 is 5.69 Å². The van der Waals surface area contributed by atoms with E-state index in [2.05, 4.69) is 5.32 Å². The van der Waals surface area contributed by atoms with Gasteiger partial charge in [-0.15, -0.1) is 11.8 Å². The molecule has 7 nitrogen and oxygen atoms in total. The van der Waals surface area contributed by atoms with Crippen LogP contribution in [0.3, 0.4) is 0 Å². The second-order valence-electron chi connectivity index (χ2n) is 4.65. The van der Waals surface area contributed by atoms with E-state index in [0.717, 1.165) is 11.0 Å². The first-order valence-electron chi connectivity index (χ1n) is 6.96. The van der Waals surface area contributed by atoms with Crippen molar-refractivity contribution in [2.24, 2.45) is 0 Å². The number of halogens is 1. The van der Waals surface area contributed by atoms with Crippen LogP contribution in [0.2, 0.25) is 5.02 Å². The molecule has 0 bridgehead atoms. The van der Waals surface area contributed by atoms with Crippen LogP contribution in [0.25, 0.3) is 0 Å². The highest BCUT2D eigenvalue weighted by Crippen LogP contribution is 2.30. The Morgan fingerprint density at radius 3 is 2.84 bits per heavy atom. The molecule has 0 aliphatic heterocycles. The minimum absolute atomic E-state index is 0.0447. The van der Waals surface area contributed by atoms with Gasteiger partial charge in [-0.3, -0.25) is 14.9 Å². The van der Waals surface area contributed by atoms with Crippen molar-refractivity contribution in [2.75, 3.05) is 17.7 Å². The number of nitrogens with zero attached hydrogens (tertiary/aromatic N) is 2. The number of amides is 1. The predicted molar refractivity (Wildman–Crippen MR) is 95.0 cm³/mol. The highest BCUT2D eigenvalue weighted by Gasteiger charge is 2.17. The second kappa shape index (κ2) is 8.92. The van der Waals surface area contributed by atoms with E-state index in [1.54, 1.807) is 24.3 Å². The Kier molecular flexibility index (Phi) is 6.62. The van der Waals surface area contributed by atoms with Crippen molar-refractivity contribution in [3.63, 3.8) is 0 Å². The van der Waals surface area contributed by atoms with Crippen LogP contribution < -0.4 is 10.1 Å². The number of hydrogen-bond acceptors (Lipinski definition) is 6. The first-order valence-corrected chi connectivity index (χ1v) is 8.33. The van der Waals surface area contributed by atoms with Crippen LogP contribution in [0.5, 0.6) is 5.75 Å². The minimum atomic E-state index is -0.632. The molecule has 1 N–H and O–H groups in total. The Hall–Kier alpha value is -2.76. The van der Waals surface area contributed by atoms with E-state index >= 15 is 0 Å². The van der Waals surface area contributed by atoms with Gasteiger partial charge in [-0.05, 0) is 24.3 Å². The fourth-order valence-electron chi connectivity index (χ4n) is 1.89. The molecule has 0 aliphatic carbocycles. The molecule has 2 aromatic rings. The molecular formula is C16H12ClN3O4S. The summed E-state index contributed by atoms with van der Waals surface area (Å²) in [6.07, 6.45) is 0. The monoisotopic (exact) mass is 377 g/mol. The summed E-state index contributed by atoms with van der Waals surface area (Å²) in [5.41, 5.74) is 0.229. The van der Waals surface area contributed by atoms with Gasteiger partial charge in [0.2, 0.25) is 0 Å². The predicted octanol–water partition coefficient (Wildman–Crippen LogP) is 3.88. The fourth-order valence-corrected chi connectivity index (χ4v) is 2.73. The zero-order chi connectivity index (χ0) is 18.2. The summed E-state index contributed by atoms with van der Waals surface area (Å²) in [5, 5.41) is 22.5. The molecule has 0 radical (unpaired) electrons. The summed E-state index contributed by atoms with van der Waals surface area (Å²) in [6.45, 7) is -0.403. The van der Waals surface area contributed by atoms with Crippen LogP contribution in [-0.4, -0.2) is 23.2 Å². The third-order valence-electron chi connectivity index (χ3n) is 2.93. The summed E-state index contributed by atoms with van der Waals surface area (Å²) in [6, 6.07) is 13.0. The maximum absolute atomic E-state index is 12.1. The van der Waals surface area contributed by atoms with Crippen LogP contribution in [0, 0.1) is 21.4 Å². The van der Waals surface area contributed by atoms with Crippen LogP contribution in [0.15, 0.2) is 47.4 Å². The minimum Gasteiger partial charge on any atom is -0.477 e. The summed E-state index contributed by atoms with van der Waals surface area (Å²) in [5.74, 6) is -0.272. The number of anilines is 1. The molecule has 0 fully saturated rings. The molecule has 9 heteroatoms. The highest BCUT2D eigenvalue weighted by molar-refractivity contribution is 7.99. The second-order valence-corrected chi connectivity index (χ2v) is 6.10. The number of hydrogen-bond donors (Lipinski definition) is 1. The topological polar surface area (TPSA) is 105 Å². The van der Waals surface area contributed by atoms with Gasteiger partial charge in [0.25, 0.3) is 5.91 Å². The molecule has 0 aliphatic rings. The van der Waals surface area contributed by atoms with E-state index in [1.165, 1.54) is 23.9 Å². The number of para-hydroxylation sites is 1. The van der Waals surface area contributed by atoms with Crippen molar-refractivity contribution < 1.29 is 14.5 Å². The number of benzene rings is 2. The normalized spacial score (nSPS) is 9.92. The Morgan fingerprint density at radius 2 is 2.12 bits per heavy atom. The van der Waals surface area contributed by atoms with Crippen LogP contribution in [0.1, 0.15) is 0 Å². The number of nitro groups is 1. The Bertz CT molecular complexity index is 838.